The largest absolute Gasteiger partial charge is 0.483 e. The lowest BCUT2D eigenvalue weighted by Gasteiger charge is -2.38. The molecule has 2 atom stereocenters. The summed E-state index contributed by atoms with van der Waals surface area (Å²) in [5.74, 6) is -0.0936. The SMILES string of the molecule is CCN1C(=O)c2c(OCc3ccccc3)c(=O)c(Br)cn2C2COC[C@@H]21. The summed E-state index contributed by atoms with van der Waals surface area (Å²) in [6, 6.07) is 9.54. The van der Waals surface area contributed by atoms with Gasteiger partial charge in [-0.1, -0.05) is 30.3 Å². The average molecular weight is 419 g/mol. The molecule has 1 aromatic heterocycles. The lowest BCUT2D eigenvalue weighted by atomic mass is 10.0. The van der Waals surface area contributed by atoms with Gasteiger partial charge in [0.2, 0.25) is 5.43 Å². The van der Waals surface area contributed by atoms with Gasteiger partial charge in [0.1, 0.15) is 6.61 Å². The van der Waals surface area contributed by atoms with E-state index in [1.54, 1.807) is 11.1 Å². The van der Waals surface area contributed by atoms with Crippen molar-refractivity contribution in [3.63, 3.8) is 0 Å². The first kappa shape index (κ1) is 17.3. The molecule has 0 spiro atoms. The van der Waals surface area contributed by atoms with Crippen LogP contribution in [0, 0.1) is 0 Å². The molecule has 1 saturated heterocycles. The summed E-state index contributed by atoms with van der Waals surface area (Å²) >= 11 is 3.32. The summed E-state index contributed by atoms with van der Waals surface area (Å²) in [6.45, 7) is 3.74. The predicted octanol–water partition coefficient (Wildman–Crippen LogP) is 2.61. The number of halogens is 1. The van der Waals surface area contributed by atoms with Gasteiger partial charge in [0.25, 0.3) is 5.91 Å². The highest BCUT2D eigenvalue weighted by Gasteiger charge is 2.44. The van der Waals surface area contributed by atoms with Crippen LogP contribution in [0.4, 0.5) is 0 Å². The smallest absolute Gasteiger partial charge is 0.274 e. The molecule has 1 fully saturated rings. The molecule has 4 rings (SSSR count). The van der Waals surface area contributed by atoms with E-state index in [2.05, 4.69) is 15.9 Å². The number of rotatable bonds is 4. The summed E-state index contributed by atoms with van der Waals surface area (Å²) in [6.07, 6.45) is 1.68. The molecule has 7 heteroatoms. The fourth-order valence-electron chi connectivity index (χ4n) is 3.67. The van der Waals surface area contributed by atoms with Gasteiger partial charge in [0.15, 0.2) is 11.4 Å². The maximum absolute atomic E-state index is 13.1. The van der Waals surface area contributed by atoms with Crippen molar-refractivity contribution in [2.75, 3.05) is 19.8 Å². The van der Waals surface area contributed by atoms with Crippen LogP contribution in [-0.4, -0.2) is 41.2 Å². The van der Waals surface area contributed by atoms with Crippen molar-refractivity contribution in [1.29, 1.82) is 0 Å². The van der Waals surface area contributed by atoms with Crippen molar-refractivity contribution in [3.8, 4) is 5.75 Å². The van der Waals surface area contributed by atoms with Crippen molar-refractivity contribution in [1.82, 2.24) is 9.47 Å². The normalized spacial score (nSPS) is 21.5. The van der Waals surface area contributed by atoms with E-state index in [9.17, 15) is 9.59 Å². The third-order valence-corrected chi connectivity index (χ3v) is 5.52. The summed E-state index contributed by atoms with van der Waals surface area (Å²) in [4.78, 5) is 27.6. The Morgan fingerprint density at radius 2 is 1.92 bits per heavy atom. The second kappa shape index (κ2) is 6.89. The Morgan fingerprint density at radius 1 is 1.19 bits per heavy atom. The van der Waals surface area contributed by atoms with Gasteiger partial charge in [0, 0.05) is 12.7 Å². The minimum Gasteiger partial charge on any atom is -0.483 e. The second-order valence-electron chi connectivity index (χ2n) is 6.43. The number of nitrogens with zero attached hydrogens (tertiary/aromatic N) is 2. The molecule has 2 aliphatic rings. The van der Waals surface area contributed by atoms with Crippen LogP contribution in [-0.2, 0) is 11.3 Å². The highest BCUT2D eigenvalue weighted by Crippen LogP contribution is 2.35. The van der Waals surface area contributed by atoms with Gasteiger partial charge < -0.3 is 18.9 Å². The maximum Gasteiger partial charge on any atom is 0.274 e. The number of likely N-dealkylation sites (N-methyl/N-ethyl adjacent to an activating group) is 1. The van der Waals surface area contributed by atoms with Crippen molar-refractivity contribution in [2.45, 2.75) is 25.6 Å². The van der Waals surface area contributed by atoms with Crippen molar-refractivity contribution in [2.24, 2.45) is 0 Å². The number of carbonyl (C=O) groups is 1. The third-order valence-electron chi connectivity index (χ3n) is 4.96. The molecule has 0 N–H and O–H groups in total. The van der Waals surface area contributed by atoms with Crippen LogP contribution in [0.2, 0.25) is 0 Å². The van der Waals surface area contributed by atoms with E-state index < -0.39 is 0 Å². The minimum atomic E-state index is -0.311. The van der Waals surface area contributed by atoms with Crippen LogP contribution in [0.3, 0.4) is 0 Å². The standard InChI is InChI=1S/C19H19BrN2O4/c1-2-21-14-10-25-11-15(14)22-8-13(20)17(23)18(16(22)19(21)24)26-9-12-6-4-3-5-7-12/h3-8,14-15H,2,9-11H2,1H3/t14-,15?/m0/s1. The first-order valence-corrected chi connectivity index (χ1v) is 9.41. The summed E-state index contributed by atoms with van der Waals surface area (Å²) < 4.78 is 13.7. The summed E-state index contributed by atoms with van der Waals surface area (Å²) in [7, 11) is 0. The Bertz CT molecular complexity index is 896. The molecule has 0 bridgehead atoms. The number of ether oxygens (including phenoxy) is 2. The fraction of sp³-hybridized carbons (Fsp3) is 0.368. The number of benzene rings is 1. The van der Waals surface area contributed by atoms with E-state index in [0.717, 1.165) is 5.56 Å². The van der Waals surface area contributed by atoms with Crippen LogP contribution in [0.1, 0.15) is 29.0 Å². The Morgan fingerprint density at radius 3 is 2.65 bits per heavy atom. The molecular formula is C19H19BrN2O4. The molecule has 26 heavy (non-hydrogen) atoms. The molecule has 2 aliphatic heterocycles. The van der Waals surface area contributed by atoms with E-state index >= 15 is 0 Å². The van der Waals surface area contributed by atoms with Crippen molar-refractivity contribution >= 4 is 21.8 Å². The lowest BCUT2D eigenvalue weighted by molar-refractivity contribution is 0.0567. The van der Waals surface area contributed by atoms with Gasteiger partial charge in [-0.05, 0) is 28.4 Å². The van der Waals surface area contributed by atoms with E-state index in [0.29, 0.717) is 29.9 Å². The van der Waals surface area contributed by atoms with E-state index in [1.807, 2.05) is 41.8 Å². The Balaban J connectivity index is 1.80. The number of carbonyl (C=O) groups excluding carboxylic acids is 1. The van der Waals surface area contributed by atoms with Crippen molar-refractivity contribution < 1.29 is 14.3 Å². The zero-order valence-corrected chi connectivity index (χ0v) is 15.9. The molecule has 1 unspecified atom stereocenters. The lowest BCUT2D eigenvalue weighted by Crippen LogP contribution is -2.51. The van der Waals surface area contributed by atoms with Crippen LogP contribution in [0.25, 0.3) is 0 Å². The van der Waals surface area contributed by atoms with Crippen LogP contribution in [0.5, 0.6) is 5.75 Å². The van der Waals surface area contributed by atoms with E-state index in [-0.39, 0.29) is 35.8 Å². The van der Waals surface area contributed by atoms with Gasteiger partial charge in [-0.25, -0.2) is 0 Å². The highest BCUT2D eigenvalue weighted by atomic mass is 79.9. The molecule has 1 amide bonds. The fourth-order valence-corrected chi connectivity index (χ4v) is 4.07. The first-order valence-electron chi connectivity index (χ1n) is 8.62. The zero-order valence-electron chi connectivity index (χ0n) is 14.4. The molecule has 0 radical (unpaired) electrons. The van der Waals surface area contributed by atoms with Crippen LogP contribution in [0.15, 0.2) is 45.8 Å². The number of hydrogen-bond donors (Lipinski definition) is 0. The highest BCUT2D eigenvalue weighted by molar-refractivity contribution is 9.10. The average Bonchev–Trinajstić information content (AvgIpc) is 3.13. The molecule has 6 nitrogen and oxygen atoms in total. The quantitative estimate of drug-likeness (QED) is 0.765. The van der Waals surface area contributed by atoms with Crippen LogP contribution >= 0.6 is 15.9 Å². The first-order chi connectivity index (χ1) is 12.6. The van der Waals surface area contributed by atoms with E-state index in [4.69, 9.17) is 9.47 Å². The van der Waals surface area contributed by atoms with Gasteiger partial charge in [-0.3, -0.25) is 9.59 Å². The molecule has 0 saturated carbocycles. The molecule has 3 heterocycles. The summed E-state index contributed by atoms with van der Waals surface area (Å²) in [5, 5.41) is 0. The van der Waals surface area contributed by atoms with Gasteiger partial charge in [-0.2, -0.15) is 0 Å². The Labute approximate surface area is 159 Å². The molecule has 2 aromatic rings. The molecule has 1 aromatic carbocycles. The van der Waals surface area contributed by atoms with Gasteiger partial charge >= 0.3 is 0 Å². The number of amides is 1. The van der Waals surface area contributed by atoms with Crippen molar-refractivity contribution in [3.05, 3.63) is 62.5 Å². The number of aromatic nitrogens is 1. The Kier molecular flexibility index (Phi) is 4.58. The van der Waals surface area contributed by atoms with Gasteiger partial charge in [-0.15, -0.1) is 0 Å². The monoisotopic (exact) mass is 418 g/mol. The van der Waals surface area contributed by atoms with Gasteiger partial charge in [0.05, 0.1) is 29.8 Å². The predicted molar refractivity (Wildman–Crippen MR) is 99.5 cm³/mol. The molecule has 136 valence electrons. The third kappa shape index (κ3) is 2.75. The van der Waals surface area contributed by atoms with E-state index in [1.165, 1.54) is 0 Å². The minimum absolute atomic E-state index is 0.0152. The second-order valence-corrected chi connectivity index (χ2v) is 7.28. The number of fused-ring (bicyclic) bond motifs is 3. The Hall–Kier alpha value is -2.12. The van der Waals surface area contributed by atoms with Crippen LogP contribution < -0.4 is 10.2 Å². The molecular weight excluding hydrogens is 400 g/mol. The maximum atomic E-state index is 13.1. The zero-order chi connectivity index (χ0) is 18.3. The summed E-state index contributed by atoms with van der Waals surface area (Å²) in [5.41, 5.74) is 0.931. The topological polar surface area (TPSA) is 60.8 Å². The number of pyridine rings is 1. The number of hydrogen-bond acceptors (Lipinski definition) is 4. The molecule has 0 aliphatic carbocycles.